The molecule has 0 radical (unpaired) electrons. The summed E-state index contributed by atoms with van der Waals surface area (Å²) in [7, 11) is 0. The number of hydrogen-bond donors (Lipinski definition) is 1. The maximum Gasteiger partial charge on any atom is 0.159 e. The molecule has 2 nitrogen and oxygen atoms in total. The van der Waals surface area contributed by atoms with Crippen molar-refractivity contribution in [2.24, 2.45) is 0 Å². The Morgan fingerprint density at radius 2 is 1.90 bits per heavy atom. The van der Waals surface area contributed by atoms with Crippen LogP contribution in [0.3, 0.4) is 0 Å². The number of benzene rings is 2. The van der Waals surface area contributed by atoms with E-state index in [4.69, 9.17) is 4.74 Å². The van der Waals surface area contributed by atoms with Gasteiger partial charge in [0.15, 0.2) is 11.6 Å². The summed E-state index contributed by atoms with van der Waals surface area (Å²) in [5.41, 5.74) is 1.20. The third-order valence-electron chi connectivity index (χ3n) is 3.05. The highest BCUT2D eigenvalue weighted by molar-refractivity contribution is 9.10. The SMILES string of the molecule is CCOc1ccc(C(O)Cc2ccc(F)c(F)c2)c(Br)c1. The first-order chi connectivity index (χ1) is 10.0. The fraction of sp³-hybridized carbons (Fsp3) is 0.250. The van der Waals surface area contributed by atoms with E-state index in [1.165, 1.54) is 6.07 Å². The minimum absolute atomic E-state index is 0.198. The summed E-state index contributed by atoms with van der Waals surface area (Å²) in [6, 6.07) is 8.90. The summed E-state index contributed by atoms with van der Waals surface area (Å²) in [4.78, 5) is 0. The molecule has 21 heavy (non-hydrogen) atoms. The van der Waals surface area contributed by atoms with Crippen LogP contribution in [0, 0.1) is 11.6 Å². The van der Waals surface area contributed by atoms with Crippen LogP contribution in [-0.2, 0) is 6.42 Å². The molecule has 0 saturated carbocycles. The number of halogens is 3. The number of aliphatic hydroxyl groups excluding tert-OH is 1. The van der Waals surface area contributed by atoms with Crippen LogP contribution in [0.1, 0.15) is 24.2 Å². The lowest BCUT2D eigenvalue weighted by molar-refractivity contribution is 0.177. The lowest BCUT2D eigenvalue weighted by Crippen LogP contribution is -2.04. The number of hydrogen-bond acceptors (Lipinski definition) is 2. The van der Waals surface area contributed by atoms with Crippen molar-refractivity contribution >= 4 is 15.9 Å². The predicted molar refractivity (Wildman–Crippen MR) is 80.3 cm³/mol. The van der Waals surface area contributed by atoms with E-state index in [1.807, 2.05) is 6.92 Å². The molecule has 0 fully saturated rings. The second-order valence-corrected chi connectivity index (χ2v) is 5.44. The fourth-order valence-corrected chi connectivity index (χ4v) is 2.66. The first kappa shape index (κ1) is 15.9. The topological polar surface area (TPSA) is 29.5 Å². The zero-order valence-corrected chi connectivity index (χ0v) is 13.0. The summed E-state index contributed by atoms with van der Waals surface area (Å²) in [5.74, 6) is -1.10. The van der Waals surface area contributed by atoms with Gasteiger partial charge in [0.05, 0.1) is 12.7 Å². The van der Waals surface area contributed by atoms with Crippen LogP contribution in [0.5, 0.6) is 5.75 Å². The smallest absolute Gasteiger partial charge is 0.159 e. The standard InChI is InChI=1S/C16H15BrF2O2/c1-2-21-11-4-5-12(13(17)9-11)16(20)8-10-3-6-14(18)15(19)7-10/h3-7,9,16,20H,2,8H2,1H3. The Bertz CT molecular complexity index is 632. The Kier molecular flexibility index (Phi) is 5.31. The average molecular weight is 357 g/mol. The summed E-state index contributed by atoms with van der Waals surface area (Å²) in [6.45, 7) is 2.45. The fourth-order valence-electron chi connectivity index (χ4n) is 2.03. The predicted octanol–water partition coefficient (Wildman–Crippen LogP) is 4.40. The first-order valence-electron chi connectivity index (χ1n) is 6.55. The van der Waals surface area contributed by atoms with Crippen molar-refractivity contribution in [3.63, 3.8) is 0 Å². The molecule has 0 heterocycles. The molecular formula is C16H15BrF2O2. The second kappa shape index (κ2) is 7.00. The second-order valence-electron chi connectivity index (χ2n) is 4.58. The zero-order valence-electron chi connectivity index (χ0n) is 11.4. The average Bonchev–Trinajstić information content (AvgIpc) is 2.43. The van der Waals surface area contributed by atoms with E-state index in [-0.39, 0.29) is 6.42 Å². The lowest BCUT2D eigenvalue weighted by Gasteiger charge is -2.14. The van der Waals surface area contributed by atoms with Gasteiger partial charge in [-0.2, -0.15) is 0 Å². The quantitative estimate of drug-likeness (QED) is 0.860. The third kappa shape index (κ3) is 4.02. The van der Waals surface area contributed by atoms with Gasteiger partial charge in [-0.1, -0.05) is 28.1 Å². The Hall–Kier alpha value is -1.46. The molecule has 0 aliphatic carbocycles. The molecule has 0 spiro atoms. The number of aliphatic hydroxyl groups is 1. The largest absolute Gasteiger partial charge is 0.494 e. The molecule has 2 rings (SSSR count). The van der Waals surface area contributed by atoms with Gasteiger partial charge in [0.25, 0.3) is 0 Å². The first-order valence-corrected chi connectivity index (χ1v) is 7.34. The van der Waals surface area contributed by atoms with Crippen molar-refractivity contribution in [3.8, 4) is 5.75 Å². The Balaban J connectivity index is 2.16. The highest BCUT2D eigenvalue weighted by atomic mass is 79.9. The van der Waals surface area contributed by atoms with Crippen LogP contribution in [0.4, 0.5) is 8.78 Å². The highest BCUT2D eigenvalue weighted by Gasteiger charge is 2.14. The monoisotopic (exact) mass is 356 g/mol. The van der Waals surface area contributed by atoms with E-state index in [2.05, 4.69) is 15.9 Å². The van der Waals surface area contributed by atoms with Gasteiger partial charge in [-0.3, -0.25) is 0 Å². The van der Waals surface area contributed by atoms with E-state index in [1.54, 1.807) is 18.2 Å². The Morgan fingerprint density at radius 1 is 1.14 bits per heavy atom. The molecule has 1 unspecified atom stereocenters. The van der Waals surface area contributed by atoms with Gasteiger partial charge in [0.1, 0.15) is 5.75 Å². The third-order valence-corrected chi connectivity index (χ3v) is 3.74. The van der Waals surface area contributed by atoms with Gasteiger partial charge < -0.3 is 9.84 Å². The van der Waals surface area contributed by atoms with Crippen LogP contribution < -0.4 is 4.74 Å². The van der Waals surface area contributed by atoms with Crippen LogP contribution in [0.15, 0.2) is 40.9 Å². The molecule has 2 aromatic carbocycles. The van der Waals surface area contributed by atoms with Crippen LogP contribution in [-0.4, -0.2) is 11.7 Å². The van der Waals surface area contributed by atoms with Gasteiger partial charge in [0, 0.05) is 10.9 Å². The maximum absolute atomic E-state index is 13.2. The molecule has 0 aliphatic rings. The summed E-state index contributed by atoms with van der Waals surface area (Å²) in [6.07, 6.45) is -0.621. The van der Waals surface area contributed by atoms with Gasteiger partial charge >= 0.3 is 0 Å². The van der Waals surface area contributed by atoms with Crippen LogP contribution in [0.2, 0.25) is 0 Å². The van der Waals surface area contributed by atoms with Crippen molar-refractivity contribution in [1.82, 2.24) is 0 Å². The molecule has 0 aliphatic heterocycles. The molecule has 0 amide bonds. The Morgan fingerprint density at radius 3 is 2.52 bits per heavy atom. The van der Waals surface area contributed by atoms with Gasteiger partial charge in [-0.25, -0.2) is 8.78 Å². The normalized spacial score (nSPS) is 12.2. The molecular weight excluding hydrogens is 342 g/mol. The van der Waals surface area contributed by atoms with Crippen molar-refractivity contribution in [2.45, 2.75) is 19.4 Å². The van der Waals surface area contributed by atoms with Crippen molar-refractivity contribution < 1.29 is 18.6 Å². The number of ether oxygens (including phenoxy) is 1. The van der Waals surface area contributed by atoms with E-state index in [9.17, 15) is 13.9 Å². The highest BCUT2D eigenvalue weighted by Crippen LogP contribution is 2.30. The molecule has 5 heteroatoms. The summed E-state index contributed by atoms with van der Waals surface area (Å²) < 4.78 is 32.1. The molecule has 2 aromatic rings. The molecule has 0 aromatic heterocycles. The van der Waals surface area contributed by atoms with E-state index < -0.39 is 17.7 Å². The van der Waals surface area contributed by atoms with Crippen molar-refractivity contribution in [3.05, 3.63) is 63.6 Å². The van der Waals surface area contributed by atoms with Gasteiger partial charge in [-0.15, -0.1) is 0 Å². The van der Waals surface area contributed by atoms with Crippen LogP contribution in [0.25, 0.3) is 0 Å². The van der Waals surface area contributed by atoms with Gasteiger partial charge in [-0.05, 0) is 42.3 Å². The number of rotatable bonds is 5. The molecule has 1 atom stereocenters. The van der Waals surface area contributed by atoms with E-state index >= 15 is 0 Å². The maximum atomic E-state index is 13.2. The van der Waals surface area contributed by atoms with Crippen LogP contribution >= 0.6 is 15.9 Å². The minimum Gasteiger partial charge on any atom is -0.494 e. The van der Waals surface area contributed by atoms with Gasteiger partial charge in [0.2, 0.25) is 0 Å². The Labute approximate surface area is 130 Å². The molecule has 112 valence electrons. The lowest BCUT2D eigenvalue weighted by atomic mass is 10.0. The van der Waals surface area contributed by atoms with Crippen molar-refractivity contribution in [1.29, 1.82) is 0 Å². The summed E-state index contributed by atoms with van der Waals surface area (Å²) in [5, 5.41) is 10.2. The molecule has 0 saturated heterocycles. The minimum atomic E-state index is -0.912. The van der Waals surface area contributed by atoms with Crippen molar-refractivity contribution in [2.75, 3.05) is 6.61 Å². The van der Waals surface area contributed by atoms with E-state index in [0.29, 0.717) is 28.0 Å². The molecule has 0 bridgehead atoms. The zero-order chi connectivity index (χ0) is 15.4. The van der Waals surface area contributed by atoms with E-state index in [0.717, 1.165) is 12.1 Å². The molecule has 1 N–H and O–H groups in total. The summed E-state index contributed by atoms with van der Waals surface area (Å²) >= 11 is 3.38.